The predicted molar refractivity (Wildman–Crippen MR) is 85.7 cm³/mol. The Hall–Kier alpha value is -1.88. The number of aromatic nitrogens is 2. The SMILES string of the molecule is Cc1nc2cc(C(=O)NC3CCCC3(C)CO)ccc2n1C. The van der Waals surface area contributed by atoms with Crippen molar-refractivity contribution in [3.8, 4) is 0 Å². The van der Waals surface area contributed by atoms with Crippen LogP contribution >= 0.6 is 0 Å². The molecule has 0 radical (unpaired) electrons. The molecular weight excluding hydrogens is 278 g/mol. The number of rotatable bonds is 3. The van der Waals surface area contributed by atoms with Crippen LogP contribution in [0.1, 0.15) is 42.4 Å². The molecule has 1 aliphatic carbocycles. The van der Waals surface area contributed by atoms with E-state index in [1.54, 1.807) is 0 Å². The third-order valence-electron chi connectivity index (χ3n) is 5.12. The van der Waals surface area contributed by atoms with Gasteiger partial charge in [-0.25, -0.2) is 4.98 Å². The summed E-state index contributed by atoms with van der Waals surface area (Å²) in [4.78, 5) is 17.0. The van der Waals surface area contributed by atoms with Crippen LogP contribution in [-0.4, -0.2) is 33.2 Å². The maximum Gasteiger partial charge on any atom is 0.251 e. The molecule has 0 aliphatic heterocycles. The third kappa shape index (κ3) is 2.39. The first kappa shape index (κ1) is 15.0. The van der Waals surface area contributed by atoms with E-state index in [-0.39, 0.29) is 24.0 Å². The molecule has 118 valence electrons. The van der Waals surface area contributed by atoms with Gasteiger partial charge in [0.05, 0.1) is 17.6 Å². The number of carbonyl (C=O) groups excluding carboxylic acids is 1. The quantitative estimate of drug-likeness (QED) is 0.913. The van der Waals surface area contributed by atoms with Crippen LogP contribution in [0.2, 0.25) is 0 Å². The number of hydrogen-bond acceptors (Lipinski definition) is 3. The van der Waals surface area contributed by atoms with Crippen molar-refractivity contribution in [3.05, 3.63) is 29.6 Å². The van der Waals surface area contributed by atoms with Crippen molar-refractivity contribution >= 4 is 16.9 Å². The molecule has 1 heterocycles. The van der Waals surface area contributed by atoms with Gasteiger partial charge in [0, 0.05) is 24.1 Å². The second-order valence-corrected chi connectivity index (χ2v) is 6.65. The van der Waals surface area contributed by atoms with Crippen LogP contribution in [0.4, 0.5) is 0 Å². The summed E-state index contributed by atoms with van der Waals surface area (Å²) in [5.74, 6) is 0.841. The van der Waals surface area contributed by atoms with Crippen LogP contribution in [0, 0.1) is 12.3 Å². The van der Waals surface area contributed by atoms with Crippen molar-refractivity contribution in [2.75, 3.05) is 6.61 Å². The number of nitrogens with one attached hydrogen (secondary N) is 1. The van der Waals surface area contributed by atoms with Crippen molar-refractivity contribution in [3.63, 3.8) is 0 Å². The number of aliphatic hydroxyl groups is 1. The van der Waals surface area contributed by atoms with E-state index in [0.717, 1.165) is 36.1 Å². The number of benzene rings is 1. The van der Waals surface area contributed by atoms with Gasteiger partial charge in [-0.15, -0.1) is 0 Å². The fourth-order valence-corrected chi connectivity index (χ4v) is 3.37. The van der Waals surface area contributed by atoms with Crippen molar-refractivity contribution in [2.24, 2.45) is 12.5 Å². The molecule has 3 rings (SSSR count). The second-order valence-electron chi connectivity index (χ2n) is 6.65. The van der Waals surface area contributed by atoms with E-state index in [2.05, 4.69) is 10.3 Å². The number of imidazole rings is 1. The highest BCUT2D eigenvalue weighted by Crippen LogP contribution is 2.37. The summed E-state index contributed by atoms with van der Waals surface area (Å²) >= 11 is 0. The fourth-order valence-electron chi connectivity index (χ4n) is 3.37. The van der Waals surface area contributed by atoms with Gasteiger partial charge in [-0.05, 0) is 38.0 Å². The van der Waals surface area contributed by atoms with Gasteiger partial charge in [-0.1, -0.05) is 13.3 Å². The van der Waals surface area contributed by atoms with E-state index in [1.165, 1.54) is 0 Å². The Morgan fingerprint density at radius 2 is 2.32 bits per heavy atom. The average Bonchev–Trinajstić information content (AvgIpc) is 3.01. The fraction of sp³-hybridized carbons (Fsp3) is 0.529. The molecular formula is C17H23N3O2. The van der Waals surface area contributed by atoms with Crippen LogP contribution in [0.5, 0.6) is 0 Å². The molecule has 0 saturated heterocycles. The van der Waals surface area contributed by atoms with E-state index in [0.29, 0.717) is 5.56 Å². The monoisotopic (exact) mass is 301 g/mol. The molecule has 0 bridgehead atoms. The van der Waals surface area contributed by atoms with Gasteiger partial charge in [-0.3, -0.25) is 4.79 Å². The maximum atomic E-state index is 12.5. The van der Waals surface area contributed by atoms with E-state index >= 15 is 0 Å². The number of nitrogens with zero attached hydrogens (tertiary/aromatic N) is 2. The second kappa shape index (κ2) is 5.39. The first-order valence-electron chi connectivity index (χ1n) is 7.79. The lowest BCUT2D eigenvalue weighted by Gasteiger charge is -2.30. The summed E-state index contributed by atoms with van der Waals surface area (Å²) in [6.07, 6.45) is 2.92. The Morgan fingerprint density at radius 1 is 1.55 bits per heavy atom. The highest BCUT2D eigenvalue weighted by Gasteiger charge is 2.39. The van der Waals surface area contributed by atoms with E-state index < -0.39 is 0 Å². The smallest absolute Gasteiger partial charge is 0.251 e. The zero-order chi connectivity index (χ0) is 15.9. The topological polar surface area (TPSA) is 67.2 Å². The first-order valence-corrected chi connectivity index (χ1v) is 7.79. The Morgan fingerprint density at radius 3 is 3.05 bits per heavy atom. The van der Waals surface area contributed by atoms with Gasteiger partial charge in [0.25, 0.3) is 5.91 Å². The minimum Gasteiger partial charge on any atom is -0.396 e. The largest absolute Gasteiger partial charge is 0.396 e. The minimum absolute atomic E-state index is 0.0335. The van der Waals surface area contributed by atoms with Crippen LogP contribution in [0.15, 0.2) is 18.2 Å². The lowest BCUT2D eigenvalue weighted by Crippen LogP contribution is -2.44. The molecule has 2 unspecified atom stereocenters. The van der Waals surface area contributed by atoms with E-state index in [4.69, 9.17) is 0 Å². The molecule has 2 N–H and O–H groups in total. The summed E-state index contributed by atoms with van der Waals surface area (Å²) in [6.45, 7) is 4.09. The van der Waals surface area contributed by atoms with E-state index in [1.807, 2.05) is 43.7 Å². The van der Waals surface area contributed by atoms with Gasteiger partial charge >= 0.3 is 0 Å². The Balaban J connectivity index is 1.83. The molecule has 2 aromatic rings. The molecule has 1 saturated carbocycles. The van der Waals surface area contributed by atoms with Crippen LogP contribution < -0.4 is 5.32 Å². The molecule has 22 heavy (non-hydrogen) atoms. The standard InChI is InChI=1S/C17H23N3O2/c1-11-18-13-9-12(6-7-14(13)20(11)3)16(22)19-15-5-4-8-17(15,2)10-21/h6-7,9,15,21H,4-5,8,10H2,1-3H3,(H,19,22). The molecule has 0 spiro atoms. The molecule has 1 aromatic heterocycles. The van der Waals surface area contributed by atoms with Gasteiger partial charge in [0.2, 0.25) is 0 Å². The Bertz CT molecular complexity index is 722. The number of carbonyl (C=O) groups is 1. The van der Waals surface area contributed by atoms with Crippen LogP contribution in [0.3, 0.4) is 0 Å². The Kier molecular flexibility index (Phi) is 3.68. The predicted octanol–water partition coefficient (Wildman–Crippen LogP) is 2.16. The highest BCUT2D eigenvalue weighted by molar-refractivity contribution is 5.97. The van der Waals surface area contributed by atoms with Gasteiger partial charge in [-0.2, -0.15) is 0 Å². The normalized spacial score (nSPS) is 24.8. The van der Waals surface area contributed by atoms with Crippen molar-refractivity contribution in [1.29, 1.82) is 0 Å². The lowest BCUT2D eigenvalue weighted by molar-refractivity contribution is 0.0830. The molecule has 1 aromatic carbocycles. The summed E-state index contributed by atoms with van der Waals surface area (Å²) in [5.41, 5.74) is 2.28. The number of aryl methyl sites for hydroxylation is 2. The van der Waals surface area contributed by atoms with Crippen molar-refractivity contribution < 1.29 is 9.90 Å². The Labute approximate surface area is 130 Å². The number of aliphatic hydroxyl groups excluding tert-OH is 1. The molecule has 1 fully saturated rings. The number of fused-ring (bicyclic) bond motifs is 1. The molecule has 5 heteroatoms. The first-order chi connectivity index (χ1) is 10.4. The van der Waals surface area contributed by atoms with Gasteiger partial charge < -0.3 is 15.0 Å². The van der Waals surface area contributed by atoms with Gasteiger partial charge in [0.1, 0.15) is 5.82 Å². The molecule has 2 atom stereocenters. The van der Waals surface area contributed by atoms with Crippen molar-refractivity contribution in [1.82, 2.24) is 14.9 Å². The third-order valence-corrected chi connectivity index (χ3v) is 5.12. The summed E-state index contributed by atoms with van der Waals surface area (Å²) in [7, 11) is 1.97. The summed E-state index contributed by atoms with van der Waals surface area (Å²) in [5, 5.41) is 12.7. The molecule has 1 aliphatic rings. The van der Waals surface area contributed by atoms with Crippen molar-refractivity contribution in [2.45, 2.75) is 39.2 Å². The van der Waals surface area contributed by atoms with Gasteiger partial charge in [0.15, 0.2) is 0 Å². The number of hydrogen-bond donors (Lipinski definition) is 2. The minimum atomic E-state index is -0.207. The zero-order valence-corrected chi connectivity index (χ0v) is 13.4. The molecule has 1 amide bonds. The highest BCUT2D eigenvalue weighted by atomic mass is 16.3. The number of amides is 1. The summed E-state index contributed by atoms with van der Waals surface area (Å²) in [6, 6.07) is 5.64. The van der Waals surface area contributed by atoms with E-state index in [9.17, 15) is 9.90 Å². The van der Waals surface area contributed by atoms with Crippen LogP contribution in [0.25, 0.3) is 11.0 Å². The van der Waals surface area contributed by atoms with Crippen LogP contribution in [-0.2, 0) is 7.05 Å². The lowest BCUT2D eigenvalue weighted by atomic mass is 9.85. The molecule has 5 nitrogen and oxygen atoms in total. The summed E-state index contributed by atoms with van der Waals surface area (Å²) < 4.78 is 2.01. The zero-order valence-electron chi connectivity index (χ0n) is 13.4. The maximum absolute atomic E-state index is 12.5. The average molecular weight is 301 g/mol.